The summed E-state index contributed by atoms with van der Waals surface area (Å²) in [7, 11) is 0. The summed E-state index contributed by atoms with van der Waals surface area (Å²) in [6, 6.07) is 9.83. The molecule has 0 aliphatic carbocycles. The molecule has 174 valence electrons. The molecule has 1 N–H and O–H groups in total. The molecule has 0 unspecified atom stereocenters. The second-order valence-corrected chi connectivity index (χ2v) is 8.75. The molecule has 11 heteroatoms. The number of pyridine rings is 1. The molecule has 1 aromatic carbocycles. The van der Waals surface area contributed by atoms with Gasteiger partial charge in [-0.25, -0.2) is 4.98 Å². The molecule has 1 atom stereocenters. The number of aryl methyl sites for hydroxylation is 2. The molecule has 3 heterocycles. The molecule has 3 aromatic rings. The maximum Gasteiger partial charge on any atom is 0.433 e. The van der Waals surface area contributed by atoms with Crippen LogP contribution in [-0.2, 0) is 12.7 Å². The van der Waals surface area contributed by atoms with Crippen LogP contribution in [0.4, 0.5) is 18.9 Å². The first kappa shape index (κ1) is 23.4. The van der Waals surface area contributed by atoms with Crippen molar-refractivity contribution in [2.45, 2.75) is 45.5 Å². The van der Waals surface area contributed by atoms with E-state index >= 15 is 0 Å². The van der Waals surface area contributed by atoms with Crippen molar-refractivity contribution in [1.29, 1.82) is 0 Å². The highest BCUT2D eigenvalue weighted by Crippen LogP contribution is 2.33. The van der Waals surface area contributed by atoms with Crippen LogP contribution in [-0.4, -0.2) is 36.3 Å². The molecule has 0 saturated carbocycles. The maximum atomic E-state index is 12.9. The zero-order valence-electron chi connectivity index (χ0n) is 18.0. The third-order valence-corrected chi connectivity index (χ3v) is 6.24. The number of halogens is 4. The SMILES string of the molecule is Cc1nc(C(F)(F)F)ccc1NC(=S)N1CCC[C@@H]1c1nnc(C)n1Cc1ccc(Cl)cc1. The molecular formula is C22H22ClF3N6S. The number of rotatable bonds is 4. The van der Waals surface area contributed by atoms with Crippen LogP contribution in [0, 0.1) is 13.8 Å². The minimum atomic E-state index is -4.49. The van der Waals surface area contributed by atoms with Crippen LogP contribution in [0.2, 0.25) is 5.02 Å². The van der Waals surface area contributed by atoms with Gasteiger partial charge in [0.15, 0.2) is 10.9 Å². The smallest absolute Gasteiger partial charge is 0.339 e. The fourth-order valence-electron chi connectivity index (χ4n) is 3.93. The Labute approximate surface area is 199 Å². The number of aromatic nitrogens is 4. The first-order valence-corrected chi connectivity index (χ1v) is 11.2. The molecule has 1 aliphatic rings. The number of anilines is 1. The quantitative estimate of drug-likeness (QED) is 0.480. The third-order valence-electron chi connectivity index (χ3n) is 5.65. The summed E-state index contributed by atoms with van der Waals surface area (Å²) in [5.41, 5.74) is 0.809. The van der Waals surface area contributed by atoms with E-state index in [2.05, 4.69) is 25.1 Å². The van der Waals surface area contributed by atoms with Crippen molar-refractivity contribution in [3.63, 3.8) is 0 Å². The van der Waals surface area contributed by atoms with Gasteiger partial charge < -0.3 is 14.8 Å². The van der Waals surface area contributed by atoms with E-state index in [1.807, 2.05) is 36.1 Å². The van der Waals surface area contributed by atoms with Crippen LogP contribution in [0.3, 0.4) is 0 Å². The van der Waals surface area contributed by atoms with Gasteiger partial charge in [0, 0.05) is 11.6 Å². The monoisotopic (exact) mass is 494 g/mol. The summed E-state index contributed by atoms with van der Waals surface area (Å²) in [5, 5.41) is 12.9. The lowest BCUT2D eigenvalue weighted by molar-refractivity contribution is -0.141. The van der Waals surface area contributed by atoms with E-state index in [0.717, 1.165) is 36.1 Å². The van der Waals surface area contributed by atoms with Crippen LogP contribution >= 0.6 is 23.8 Å². The van der Waals surface area contributed by atoms with Gasteiger partial charge in [0.2, 0.25) is 0 Å². The van der Waals surface area contributed by atoms with E-state index < -0.39 is 11.9 Å². The normalized spacial score (nSPS) is 16.3. The van der Waals surface area contributed by atoms with Gasteiger partial charge in [-0.05, 0) is 68.7 Å². The number of hydrogen-bond donors (Lipinski definition) is 1. The topological polar surface area (TPSA) is 58.9 Å². The lowest BCUT2D eigenvalue weighted by atomic mass is 10.2. The third kappa shape index (κ3) is 5.11. The summed E-state index contributed by atoms with van der Waals surface area (Å²) in [4.78, 5) is 5.68. The van der Waals surface area contributed by atoms with Gasteiger partial charge in [0.1, 0.15) is 11.5 Å². The summed E-state index contributed by atoms with van der Waals surface area (Å²) in [5.74, 6) is 1.58. The van der Waals surface area contributed by atoms with E-state index in [1.54, 1.807) is 0 Å². The van der Waals surface area contributed by atoms with E-state index in [4.69, 9.17) is 23.8 Å². The maximum absolute atomic E-state index is 12.9. The standard InChI is InChI=1S/C22H22ClF3N6S/c1-13-17(9-10-19(27-13)22(24,25)26)28-21(33)31-11-3-4-18(31)20-30-29-14(2)32(20)12-15-5-7-16(23)8-6-15/h5-10,18H,3-4,11-12H2,1-2H3,(H,28,33)/t18-/m1/s1. The summed E-state index contributed by atoms with van der Waals surface area (Å²) in [6.07, 6.45) is -2.75. The molecule has 1 fully saturated rings. The van der Waals surface area contributed by atoms with E-state index in [1.165, 1.54) is 13.0 Å². The molecule has 4 rings (SSSR count). The highest BCUT2D eigenvalue weighted by atomic mass is 35.5. The Kier molecular flexibility index (Phi) is 6.58. The Bertz CT molecular complexity index is 1160. The fourth-order valence-corrected chi connectivity index (χ4v) is 4.38. The number of benzene rings is 1. The molecule has 0 amide bonds. The van der Waals surface area contributed by atoms with Crippen molar-refractivity contribution in [3.8, 4) is 0 Å². The van der Waals surface area contributed by atoms with Crippen molar-refractivity contribution in [2.75, 3.05) is 11.9 Å². The second-order valence-electron chi connectivity index (χ2n) is 7.93. The van der Waals surface area contributed by atoms with Crippen molar-refractivity contribution in [3.05, 3.63) is 70.0 Å². The number of nitrogens with one attached hydrogen (secondary N) is 1. The lowest BCUT2D eigenvalue weighted by Crippen LogP contribution is -2.35. The molecule has 0 spiro atoms. The van der Waals surface area contributed by atoms with Gasteiger partial charge in [0.25, 0.3) is 0 Å². The predicted molar refractivity (Wildman–Crippen MR) is 124 cm³/mol. The number of thiocarbonyl (C=S) groups is 1. The summed E-state index contributed by atoms with van der Waals surface area (Å²) in [6.45, 7) is 4.72. The zero-order chi connectivity index (χ0) is 23.8. The van der Waals surface area contributed by atoms with Crippen LogP contribution in [0.5, 0.6) is 0 Å². The molecule has 2 aromatic heterocycles. The van der Waals surface area contributed by atoms with Crippen LogP contribution in [0.25, 0.3) is 0 Å². The van der Waals surface area contributed by atoms with Gasteiger partial charge in [-0.1, -0.05) is 23.7 Å². The van der Waals surface area contributed by atoms with Gasteiger partial charge in [-0.2, -0.15) is 13.2 Å². The lowest BCUT2D eigenvalue weighted by Gasteiger charge is -2.28. The largest absolute Gasteiger partial charge is 0.433 e. The Morgan fingerprint density at radius 3 is 2.55 bits per heavy atom. The molecule has 0 radical (unpaired) electrons. The summed E-state index contributed by atoms with van der Waals surface area (Å²) >= 11 is 11.6. The molecule has 1 aliphatic heterocycles. The minimum Gasteiger partial charge on any atom is -0.339 e. The Hall–Kier alpha value is -2.72. The van der Waals surface area contributed by atoms with Gasteiger partial charge in [-0.3, -0.25) is 0 Å². The van der Waals surface area contributed by atoms with E-state index in [9.17, 15) is 13.2 Å². The van der Waals surface area contributed by atoms with Crippen molar-refractivity contribution in [1.82, 2.24) is 24.6 Å². The van der Waals surface area contributed by atoms with E-state index in [-0.39, 0.29) is 11.7 Å². The minimum absolute atomic E-state index is 0.0961. The average Bonchev–Trinajstić information content (AvgIpc) is 3.37. The van der Waals surface area contributed by atoms with Gasteiger partial charge in [0.05, 0.1) is 24.0 Å². The summed E-state index contributed by atoms with van der Waals surface area (Å²) < 4.78 is 40.8. The Morgan fingerprint density at radius 2 is 1.88 bits per heavy atom. The number of alkyl halides is 3. The molecule has 33 heavy (non-hydrogen) atoms. The first-order valence-electron chi connectivity index (χ1n) is 10.4. The molecule has 1 saturated heterocycles. The fraction of sp³-hybridized carbons (Fsp3) is 0.364. The van der Waals surface area contributed by atoms with Crippen LogP contribution < -0.4 is 5.32 Å². The van der Waals surface area contributed by atoms with Crippen molar-refractivity contribution < 1.29 is 13.2 Å². The van der Waals surface area contributed by atoms with Crippen molar-refractivity contribution >= 4 is 34.6 Å². The highest BCUT2D eigenvalue weighted by molar-refractivity contribution is 7.80. The number of hydrogen-bond acceptors (Lipinski definition) is 4. The highest BCUT2D eigenvalue weighted by Gasteiger charge is 2.34. The zero-order valence-corrected chi connectivity index (χ0v) is 19.6. The van der Waals surface area contributed by atoms with Crippen LogP contribution in [0.15, 0.2) is 36.4 Å². The molecule has 0 bridgehead atoms. The Balaban J connectivity index is 1.54. The van der Waals surface area contributed by atoms with Gasteiger partial charge in [-0.15, -0.1) is 10.2 Å². The number of nitrogens with zero attached hydrogens (tertiary/aromatic N) is 5. The van der Waals surface area contributed by atoms with Crippen LogP contribution in [0.1, 0.15) is 47.5 Å². The van der Waals surface area contributed by atoms with Gasteiger partial charge >= 0.3 is 6.18 Å². The average molecular weight is 495 g/mol. The first-order chi connectivity index (χ1) is 15.6. The molecule has 6 nitrogen and oxygen atoms in total. The Morgan fingerprint density at radius 1 is 1.15 bits per heavy atom. The van der Waals surface area contributed by atoms with Crippen molar-refractivity contribution in [2.24, 2.45) is 0 Å². The van der Waals surface area contributed by atoms with E-state index in [0.29, 0.717) is 28.9 Å². The second kappa shape index (κ2) is 9.26. The predicted octanol–water partition coefficient (Wildman–Crippen LogP) is 5.54. The molecular weight excluding hydrogens is 473 g/mol. The number of likely N-dealkylation sites (tertiary alicyclic amines) is 1.